The Bertz CT molecular complexity index is 1980. The second-order valence-corrected chi connectivity index (χ2v) is 14.3. The zero-order valence-corrected chi connectivity index (χ0v) is 27.7. The lowest BCUT2D eigenvalue weighted by atomic mass is 10.0. The van der Waals surface area contributed by atoms with E-state index in [1.807, 2.05) is 31.7 Å². The second kappa shape index (κ2) is 12.4. The van der Waals surface area contributed by atoms with E-state index >= 15 is 0 Å². The molecular weight excluding hydrogens is 606 g/mol. The Morgan fingerprint density at radius 1 is 1.15 bits per heavy atom. The molecule has 1 fully saturated rings. The van der Waals surface area contributed by atoms with E-state index in [0.717, 1.165) is 30.0 Å². The van der Waals surface area contributed by atoms with Gasteiger partial charge in [0.1, 0.15) is 29.1 Å². The number of benzene rings is 1. The molecule has 15 heteroatoms. The first-order valence-corrected chi connectivity index (χ1v) is 17.0. The zero-order valence-electron chi connectivity index (χ0n) is 26.9. The molecule has 4 aromatic heterocycles. The van der Waals surface area contributed by atoms with Crippen LogP contribution >= 0.6 is 0 Å². The predicted molar refractivity (Wildman–Crippen MR) is 181 cm³/mol. The first-order chi connectivity index (χ1) is 21.9. The maximum absolute atomic E-state index is 12.7. The van der Waals surface area contributed by atoms with Gasteiger partial charge in [-0.15, -0.1) is 0 Å². The van der Waals surface area contributed by atoms with Gasteiger partial charge in [-0.3, -0.25) is 4.72 Å². The van der Waals surface area contributed by atoms with Crippen LogP contribution in [0.1, 0.15) is 38.2 Å². The number of phenols is 1. The number of piperazine rings is 1. The van der Waals surface area contributed by atoms with Gasteiger partial charge in [0, 0.05) is 55.7 Å². The van der Waals surface area contributed by atoms with Gasteiger partial charge in [0.25, 0.3) is 0 Å². The third kappa shape index (κ3) is 6.57. The van der Waals surface area contributed by atoms with E-state index in [4.69, 9.17) is 10.1 Å². The number of hydrogen-bond acceptors (Lipinski definition) is 11. The Hall–Kier alpha value is -4.47. The van der Waals surface area contributed by atoms with Gasteiger partial charge < -0.3 is 30.5 Å². The van der Waals surface area contributed by atoms with Crippen molar-refractivity contribution in [3.05, 3.63) is 54.4 Å². The van der Waals surface area contributed by atoms with E-state index in [1.165, 1.54) is 12.4 Å². The van der Waals surface area contributed by atoms with E-state index in [2.05, 4.69) is 62.0 Å². The van der Waals surface area contributed by atoms with E-state index in [0.29, 0.717) is 52.4 Å². The minimum absolute atomic E-state index is 0.0790. The summed E-state index contributed by atoms with van der Waals surface area (Å²) < 4.78 is 29.9. The molecule has 0 amide bonds. The van der Waals surface area contributed by atoms with E-state index in [1.54, 1.807) is 23.2 Å². The van der Waals surface area contributed by atoms with Gasteiger partial charge in [0.05, 0.1) is 22.9 Å². The SMILES string of the molecule is Cc1ccn2nc([C@H](C)Nc3ncnc4[nH]cc(-c5cc(O)cc(NS(=O)(=O)CCN(C)C)c5)c34)nc(N3C[C@@H](C)N[C@@H](C)C3)c12. The number of sulfonamides is 1. The van der Waals surface area contributed by atoms with Crippen LogP contribution in [0.2, 0.25) is 0 Å². The summed E-state index contributed by atoms with van der Waals surface area (Å²) in [4.78, 5) is 21.4. The van der Waals surface area contributed by atoms with Crippen LogP contribution in [0.5, 0.6) is 5.75 Å². The van der Waals surface area contributed by atoms with Gasteiger partial charge in [0.15, 0.2) is 11.6 Å². The van der Waals surface area contributed by atoms with Gasteiger partial charge in [-0.1, -0.05) is 0 Å². The Morgan fingerprint density at radius 2 is 1.91 bits per heavy atom. The van der Waals surface area contributed by atoms with Crippen molar-refractivity contribution in [3.63, 3.8) is 0 Å². The fraction of sp³-hybridized carbons (Fsp3) is 0.419. The fourth-order valence-corrected chi connectivity index (χ4v) is 7.19. The molecule has 1 aliphatic rings. The van der Waals surface area contributed by atoms with Crippen LogP contribution in [0.3, 0.4) is 0 Å². The number of fused-ring (bicyclic) bond motifs is 2. The van der Waals surface area contributed by atoms with E-state index in [-0.39, 0.29) is 23.2 Å². The van der Waals surface area contributed by atoms with Crippen LogP contribution < -0.4 is 20.3 Å². The summed E-state index contributed by atoms with van der Waals surface area (Å²) in [6.45, 7) is 10.5. The average Bonchev–Trinajstić information content (AvgIpc) is 3.59. The fourth-order valence-electron chi connectivity index (χ4n) is 6.01. The number of aromatic nitrogens is 6. The number of hydrogen-bond donors (Lipinski definition) is 5. The van der Waals surface area contributed by atoms with E-state index in [9.17, 15) is 13.5 Å². The molecule has 3 atom stereocenters. The highest BCUT2D eigenvalue weighted by Crippen LogP contribution is 2.36. The lowest BCUT2D eigenvalue weighted by molar-refractivity contribution is 0.405. The number of rotatable bonds is 10. The molecule has 6 rings (SSSR count). The van der Waals surface area contributed by atoms with Crippen molar-refractivity contribution in [2.75, 3.05) is 54.4 Å². The number of H-pyrrole nitrogens is 1. The van der Waals surface area contributed by atoms with Crippen LogP contribution in [0.15, 0.2) is 43.0 Å². The standard InChI is InChI=1S/C31H41N11O3S/c1-18-7-8-42-27(18)31(41-15-19(2)35-20(3)16-41)37-28(38-42)21(4)36-30-26-25(14-32-29(26)33-17-34-30)22-11-23(13-24(43)12-22)39-46(44,45)10-9-40(5)6/h7-8,11-14,17,19-21,35,39,43H,9-10,15-16H2,1-6H3,(H2,32,33,34,36)/t19-,20+,21-/m0/s1. The van der Waals surface area contributed by atoms with Crippen LogP contribution in [-0.2, 0) is 10.0 Å². The van der Waals surface area contributed by atoms with Crippen LogP contribution in [0.4, 0.5) is 17.3 Å². The summed E-state index contributed by atoms with van der Waals surface area (Å²) in [6.07, 6.45) is 5.20. The lowest BCUT2D eigenvalue weighted by Gasteiger charge is -2.37. The summed E-state index contributed by atoms with van der Waals surface area (Å²) in [6, 6.07) is 7.00. The quantitative estimate of drug-likeness (QED) is 0.151. The molecule has 46 heavy (non-hydrogen) atoms. The maximum atomic E-state index is 12.7. The molecule has 0 bridgehead atoms. The molecular formula is C31H41N11O3S. The van der Waals surface area contributed by atoms with Crippen molar-refractivity contribution in [3.8, 4) is 16.9 Å². The van der Waals surface area contributed by atoms with Gasteiger partial charge in [0.2, 0.25) is 10.0 Å². The first-order valence-electron chi connectivity index (χ1n) is 15.3. The summed E-state index contributed by atoms with van der Waals surface area (Å²) in [7, 11) is -0.00972. The molecule has 5 N–H and O–H groups in total. The number of anilines is 3. The van der Waals surface area contributed by atoms with Crippen molar-refractivity contribution in [1.29, 1.82) is 0 Å². The van der Waals surface area contributed by atoms with Crippen molar-refractivity contribution in [2.24, 2.45) is 0 Å². The first kappa shape index (κ1) is 31.5. The Labute approximate surface area is 268 Å². The Morgan fingerprint density at radius 3 is 2.65 bits per heavy atom. The minimum atomic E-state index is -3.63. The highest BCUT2D eigenvalue weighted by atomic mass is 32.2. The number of aromatic amines is 1. The topological polar surface area (TPSA) is 169 Å². The molecule has 1 saturated heterocycles. The van der Waals surface area contributed by atoms with Gasteiger partial charge in [-0.25, -0.2) is 27.9 Å². The maximum Gasteiger partial charge on any atom is 0.233 e. The smallest absolute Gasteiger partial charge is 0.233 e. The third-order valence-corrected chi connectivity index (χ3v) is 9.35. The summed E-state index contributed by atoms with van der Waals surface area (Å²) in [5.74, 6) is 1.89. The number of aryl methyl sites for hydroxylation is 1. The monoisotopic (exact) mass is 647 g/mol. The molecule has 1 aromatic carbocycles. The lowest BCUT2D eigenvalue weighted by Crippen LogP contribution is -2.54. The summed E-state index contributed by atoms with van der Waals surface area (Å²) >= 11 is 0. The van der Waals surface area contributed by atoms with E-state index < -0.39 is 10.0 Å². The second-order valence-electron chi connectivity index (χ2n) is 12.5. The van der Waals surface area contributed by atoms with Crippen molar-refractivity contribution >= 4 is 43.9 Å². The van der Waals surface area contributed by atoms with Gasteiger partial charge in [-0.2, -0.15) is 5.10 Å². The van der Waals surface area contributed by atoms with Crippen LogP contribution in [0, 0.1) is 6.92 Å². The molecule has 14 nitrogen and oxygen atoms in total. The molecule has 244 valence electrons. The number of phenolic OH excluding ortho intramolecular Hbond substituents is 1. The normalized spacial score (nSPS) is 18.0. The van der Waals surface area contributed by atoms with Gasteiger partial charge in [-0.05, 0) is 71.1 Å². The summed E-state index contributed by atoms with van der Waals surface area (Å²) in [5, 5.41) is 23.2. The third-order valence-electron chi connectivity index (χ3n) is 8.09. The number of nitrogens with zero attached hydrogens (tertiary/aromatic N) is 7. The molecule has 1 aliphatic heterocycles. The van der Waals surface area contributed by atoms with Crippen molar-refractivity contribution < 1.29 is 13.5 Å². The highest BCUT2D eigenvalue weighted by Gasteiger charge is 2.26. The highest BCUT2D eigenvalue weighted by molar-refractivity contribution is 7.92. The molecule has 0 aliphatic carbocycles. The molecule has 0 radical (unpaired) electrons. The van der Waals surface area contributed by atoms with Crippen molar-refractivity contribution in [1.82, 2.24) is 39.8 Å². The minimum Gasteiger partial charge on any atom is -0.508 e. The van der Waals surface area contributed by atoms with Crippen LogP contribution in [-0.4, -0.2) is 99.5 Å². The molecule has 0 spiro atoms. The Balaban J connectivity index is 1.34. The summed E-state index contributed by atoms with van der Waals surface area (Å²) in [5.41, 5.74) is 4.23. The number of aromatic hydroxyl groups is 1. The average molecular weight is 648 g/mol. The predicted octanol–water partition coefficient (Wildman–Crippen LogP) is 3.34. The van der Waals surface area contributed by atoms with Crippen LogP contribution in [0.25, 0.3) is 27.7 Å². The zero-order chi connectivity index (χ0) is 32.7. The molecule has 5 aromatic rings. The number of nitrogens with one attached hydrogen (secondary N) is 4. The largest absolute Gasteiger partial charge is 0.508 e. The molecule has 5 heterocycles. The Kier molecular flexibility index (Phi) is 8.48. The van der Waals surface area contributed by atoms with Crippen molar-refractivity contribution in [2.45, 2.75) is 45.8 Å². The molecule has 0 unspecified atom stereocenters. The molecule has 0 saturated carbocycles. The van der Waals surface area contributed by atoms with Gasteiger partial charge >= 0.3 is 0 Å².